The Morgan fingerprint density at radius 1 is 0.857 bits per heavy atom. The fourth-order valence-corrected chi connectivity index (χ4v) is 3.96. The van der Waals surface area contributed by atoms with Crippen molar-refractivity contribution in [1.82, 2.24) is 20.2 Å². The van der Waals surface area contributed by atoms with Crippen molar-refractivity contribution in [3.8, 4) is 0 Å². The number of benzene rings is 3. The molecule has 0 unspecified atom stereocenters. The lowest BCUT2D eigenvalue weighted by atomic mass is 10.1. The number of aromatic nitrogens is 4. The van der Waals surface area contributed by atoms with E-state index in [9.17, 15) is 0 Å². The molecule has 0 saturated heterocycles. The molecule has 0 atom stereocenters. The topological polar surface area (TPSA) is 66.5 Å². The number of anilines is 2. The molecule has 0 aliphatic heterocycles. The third-order valence-corrected chi connectivity index (χ3v) is 5.33. The molecular formula is C22H17N5S. The van der Waals surface area contributed by atoms with E-state index in [1.165, 1.54) is 10.8 Å². The molecule has 0 amide bonds. The second kappa shape index (κ2) is 6.98. The van der Waals surface area contributed by atoms with Gasteiger partial charge < -0.3 is 5.32 Å². The lowest BCUT2D eigenvalue weighted by Crippen LogP contribution is -1.99. The third kappa shape index (κ3) is 3.30. The normalized spacial score (nSPS) is 11.2. The van der Waals surface area contributed by atoms with Crippen molar-refractivity contribution in [3.63, 3.8) is 0 Å². The van der Waals surface area contributed by atoms with Crippen LogP contribution >= 0.6 is 11.8 Å². The molecule has 0 saturated carbocycles. The number of aryl methyl sites for hydroxylation is 1. The Morgan fingerprint density at radius 3 is 2.54 bits per heavy atom. The first kappa shape index (κ1) is 16.8. The van der Waals surface area contributed by atoms with Crippen molar-refractivity contribution in [3.05, 3.63) is 78.5 Å². The van der Waals surface area contributed by atoms with Crippen LogP contribution in [0.1, 0.15) is 5.69 Å². The number of rotatable bonds is 4. The van der Waals surface area contributed by atoms with Gasteiger partial charge in [-0.1, -0.05) is 42.5 Å². The summed E-state index contributed by atoms with van der Waals surface area (Å²) < 4.78 is 0. The van der Waals surface area contributed by atoms with Gasteiger partial charge >= 0.3 is 0 Å². The summed E-state index contributed by atoms with van der Waals surface area (Å²) in [7, 11) is 0. The molecule has 5 nitrogen and oxygen atoms in total. The Balaban J connectivity index is 1.54. The van der Waals surface area contributed by atoms with Crippen LogP contribution in [0.5, 0.6) is 0 Å². The maximum atomic E-state index is 4.77. The highest BCUT2D eigenvalue weighted by molar-refractivity contribution is 7.99. The second-order valence-corrected chi connectivity index (χ2v) is 7.57. The van der Waals surface area contributed by atoms with E-state index in [0.29, 0.717) is 5.16 Å². The van der Waals surface area contributed by atoms with E-state index in [1.807, 2.05) is 37.3 Å². The smallest absolute Gasteiger partial charge is 0.195 e. The summed E-state index contributed by atoms with van der Waals surface area (Å²) in [6.07, 6.45) is 0. The Kier molecular flexibility index (Phi) is 4.18. The summed E-state index contributed by atoms with van der Waals surface area (Å²) in [5.74, 6) is 1.57. The van der Waals surface area contributed by atoms with Gasteiger partial charge in [0.2, 0.25) is 0 Å². The Labute approximate surface area is 166 Å². The van der Waals surface area contributed by atoms with Crippen LogP contribution in [0.15, 0.2) is 82.8 Å². The van der Waals surface area contributed by atoms with Crippen molar-refractivity contribution in [2.24, 2.45) is 0 Å². The number of para-hydroxylation sites is 1. The highest BCUT2D eigenvalue weighted by atomic mass is 32.2. The van der Waals surface area contributed by atoms with Gasteiger partial charge in [-0.05, 0) is 53.7 Å². The molecule has 0 fully saturated rings. The molecule has 0 spiro atoms. The van der Waals surface area contributed by atoms with Gasteiger partial charge in [-0.15, -0.1) is 0 Å². The molecule has 2 aromatic heterocycles. The number of hydrogen-bond donors (Lipinski definition) is 2. The van der Waals surface area contributed by atoms with Gasteiger partial charge in [0.05, 0.1) is 11.2 Å². The predicted molar refractivity (Wildman–Crippen MR) is 114 cm³/mol. The first-order valence-corrected chi connectivity index (χ1v) is 9.79. The summed E-state index contributed by atoms with van der Waals surface area (Å²) in [6, 6.07) is 24.7. The lowest BCUT2D eigenvalue weighted by Gasteiger charge is -2.09. The molecule has 6 heteroatoms. The Bertz CT molecular complexity index is 1290. The molecule has 0 aliphatic carbocycles. The lowest BCUT2D eigenvalue weighted by molar-refractivity contribution is 1.00. The minimum absolute atomic E-state index is 0.702. The maximum Gasteiger partial charge on any atom is 0.195 e. The average Bonchev–Trinajstić information content (AvgIpc) is 3.12. The second-order valence-electron chi connectivity index (χ2n) is 6.53. The van der Waals surface area contributed by atoms with E-state index in [-0.39, 0.29) is 0 Å². The molecule has 28 heavy (non-hydrogen) atoms. The number of hydrogen-bond acceptors (Lipinski definition) is 5. The fourth-order valence-electron chi connectivity index (χ4n) is 3.15. The van der Waals surface area contributed by atoms with E-state index in [2.05, 4.69) is 58.0 Å². The number of nitrogens with zero attached hydrogens (tertiary/aromatic N) is 3. The molecule has 5 rings (SSSR count). The summed E-state index contributed by atoms with van der Waals surface area (Å²) in [6.45, 7) is 1.95. The predicted octanol–water partition coefficient (Wildman–Crippen LogP) is 5.71. The average molecular weight is 383 g/mol. The highest BCUT2D eigenvalue weighted by Gasteiger charge is 2.10. The number of fused-ring (bicyclic) bond motifs is 2. The third-order valence-electron chi connectivity index (χ3n) is 4.47. The minimum Gasteiger partial charge on any atom is -0.325 e. The first-order valence-electron chi connectivity index (χ1n) is 8.97. The van der Waals surface area contributed by atoms with Gasteiger partial charge in [-0.2, -0.15) is 5.10 Å². The molecule has 136 valence electrons. The zero-order chi connectivity index (χ0) is 18.9. The number of H-pyrrole nitrogens is 1. The fraction of sp³-hybridized carbons (Fsp3) is 0.0455. The quantitative estimate of drug-likeness (QED) is 0.389. The Hall–Kier alpha value is -3.38. The van der Waals surface area contributed by atoms with Crippen LogP contribution in [-0.2, 0) is 0 Å². The monoisotopic (exact) mass is 383 g/mol. The standard InChI is InChI=1S/C22H17N5S/c1-14-12-20(27-26-14)24-21-18-8-4-5-9-19(18)23-22(25-21)28-17-11-10-15-6-2-3-7-16(15)13-17/h2-13H,1H3,(H2,23,24,25,26,27). The van der Waals surface area contributed by atoms with E-state index >= 15 is 0 Å². The van der Waals surface area contributed by atoms with Crippen LogP contribution in [0.3, 0.4) is 0 Å². The number of nitrogens with one attached hydrogen (secondary N) is 2. The zero-order valence-corrected chi connectivity index (χ0v) is 16.0. The van der Waals surface area contributed by atoms with Gasteiger partial charge in [-0.3, -0.25) is 5.10 Å². The van der Waals surface area contributed by atoms with Gasteiger partial charge in [0.1, 0.15) is 11.6 Å². The maximum absolute atomic E-state index is 4.77. The SMILES string of the molecule is Cc1cc(Nc2nc(Sc3ccc4ccccc4c3)nc3ccccc23)[nH]n1. The first-order chi connectivity index (χ1) is 13.7. The van der Waals surface area contributed by atoms with Gasteiger partial charge in [0.15, 0.2) is 5.16 Å². The highest BCUT2D eigenvalue weighted by Crippen LogP contribution is 2.31. The van der Waals surface area contributed by atoms with Crippen LogP contribution < -0.4 is 5.32 Å². The van der Waals surface area contributed by atoms with E-state index in [1.54, 1.807) is 11.8 Å². The summed E-state index contributed by atoms with van der Waals surface area (Å²) in [5, 5.41) is 14.6. The van der Waals surface area contributed by atoms with E-state index in [0.717, 1.165) is 33.1 Å². The van der Waals surface area contributed by atoms with Crippen molar-refractivity contribution in [2.75, 3.05) is 5.32 Å². The number of aromatic amines is 1. The van der Waals surface area contributed by atoms with Crippen LogP contribution in [0.2, 0.25) is 0 Å². The van der Waals surface area contributed by atoms with E-state index < -0.39 is 0 Å². The molecule has 2 heterocycles. The summed E-state index contributed by atoms with van der Waals surface area (Å²) in [4.78, 5) is 10.6. The van der Waals surface area contributed by atoms with Crippen molar-refractivity contribution >= 4 is 45.1 Å². The van der Waals surface area contributed by atoms with Crippen LogP contribution in [0, 0.1) is 6.92 Å². The summed E-state index contributed by atoms with van der Waals surface area (Å²) in [5.41, 5.74) is 1.83. The Morgan fingerprint density at radius 2 is 1.68 bits per heavy atom. The molecule has 0 radical (unpaired) electrons. The zero-order valence-electron chi connectivity index (χ0n) is 15.2. The minimum atomic E-state index is 0.702. The summed E-state index contributed by atoms with van der Waals surface area (Å²) >= 11 is 1.56. The van der Waals surface area contributed by atoms with Crippen molar-refractivity contribution < 1.29 is 0 Å². The molecule has 0 aliphatic rings. The van der Waals surface area contributed by atoms with Crippen LogP contribution in [-0.4, -0.2) is 20.2 Å². The van der Waals surface area contributed by atoms with Gasteiger partial charge in [0, 0.05) is 16.3 Å². The van der Waals surface area contributed by atoms with E-state index in [4.69, 9.17) is 9.97 Å². The molecule has 3 aromatic carbocycles. The van der Waals surface area contributed by atoms with Gasteiger partial charge in [0.25, 0.3) is 0 Å². The largest absolute Gasteiger partial charge is 0.325 e. The van der Waals surface area contributed by atoms with Crippen LogP contribution in [0.4, 0.5) is 11.6 Å². The molecule has 0 bridgehead atoms. The molecule has 5 aromatic rings. The van der Waals surface area contributed by atoms with Crippen LogP contribution in [0.25, 0.3) is 21.7 Å². The molecular weight excluding hydrogens is 366 g/mol. The van der Waals surface area contributed by atoms with Crippen molar-refractivity contribution in [1.29, 1.82) is 0 Å². The van der Waals surface area contributed by atoms with Gasteiger partial charge in [-0.25, -0.2) is 9.97 Å². The van der Waals surface area contributed by atoms with Crippen molar-refractivity contribution in [2.45, 2.75) is 17.0 Å². The molecule has 2 N–H and O–H groups in total.